The van der Waals surface area contributed by atoms with Crippen LogP contribution in [0.15, 0.2) is 0 Å². The van der Waals surface area contributed by atoms with Gasteiger partial charge in [-0.3, -0.25) is 4.79 Å². The molecule has 1 saturated heterocycles. The van der Waals surface area contributed by atoms with Crippen LogP contribution < -0.4 is 10.6 Å². The normalized spacial score (nSPS) is 25.4. The van der Waals surface area contributed by atoms with Gasteiger partial charge in [0.25, 0.3) is 0 Å². The minimum atomic E-state index is 0.0527. The fourth-order valence-corrected chi connectivity index (χ4v) is 1.72. The molecule has 0 aliphatic carbocycles. The van der Waals surface area contributed by atoms with Crippen molar-refractivity contribution in [3.63, 3.8) is 0 Å². The summed E-state index contributed by atoms with van der Waals surface area (Å²) in [7, 11) is 0. The van der Waals surface area contributed by atoms with Gasteiger partial charge in [0, 0.05) is 6.54 Å². The molecule has 0 saturated carbocycles. The van der Waals surface area contributed by atoms with Crippen LogP contribution in [-0.4, -0.2) is 39.6 Å². The summed E-state index contributed by atoms with van der Waals surface area (Å²) in [4.78, 5) is 11.7. The zero-order chi connectivity index (χ0) is 10.7. The molecule has 1 fully saturated rings. The van der Waals surface area contributed by atoms with Crippen molar-refractivity contribution in [1.29, 1.82) is 0 Å². The van der Waals surface area contributed by atoms with Crippen LogP contribution in [0.4, 0.5) is 0 Å². The highest BCUT2D eigenvalue weighted by Crippen LogP contribution is 2.15. The predicted octanol–water partition coefficient (Wildman–Crippen LogP) is -1.33. The Morgan fingerprint density at radius 2 is 2.47 bits per heavy atom. The first-order valence-electron chi connectivity index (χ1n) is 4.98. The van der Waals surface area contributed by atoms with Crippen molar-refractivity contribution in [2.24, 2.45) is 11.8 Å². The lowest BCUT2D eigenvalue weighted by atomic mass is 9.97. The molecular formula is C8H14N6O. The number of aromatic nitrogens is 4. The number of nitrogens with zero attached hydrogens (tertiary/aromatic N) is 3. The Morgan fingerprint density at radius 1 is 1.60 bits per heavy atom. The van der Waals surface area contributed by atoms with Crippen LogP contribution in [0.5, 0.6) is 0 Å². The number of nitrogens with one attached hydrogen (secondary N) is 3. The zero-order valence-electron chi connectivity index (χ0n) is 8.53. The van der Waals surface area contributed by atoms with Gasteiger partial charge in [0.15, 0.2) is 5.82 Å². The molecule has 3 N–H and O–H groups in total. The predicted molar refractivity (Wildman–Crippen MR) is 51.5 cm³/mol. The highest BCUT2D eigenvalue weighted by Gasteiger charge is 2.29. The average Bonchev–Trinajstić information content (AvgIpc) is 2.84. The second kappa shape index (κ2) is 4.35. The van der Waals surface area contributed by atoms with E-state index in [9.17, 15) is 4.79 Å². The molecule has 1 aliphatic heterocycles. The SMILES string of the molecule is C[C@@H]1CNC[C@H]1C(=O)NCc1nn[nH]n1. The minimum Gasteiger partial charge on any atom is -0.348 e. The van der Waals surface area contributed by atoms with E-state index in [1.165, 1.54) is 0 Å². The lowest BCUT2D eigenvalue weighted by molar-refractivity contribution is -0.125. The molecule has 1 aromatic heterocycles. The second-order valence-electron chi connectivity index (χ2n) is 3.79. The molecule has 7 heteroatoms. The van der Waals surface area contributed by atoms with Crippen LogP contribution in [0, 0.1) is 11.8 Å². The molecule has 0 radical (unpaired) electrons. The monoisotopic (exact) mass is 210 g/mol. The van der Waals surface area contributed by atoms with Gasteiger partial charge in [0.2, 0.25) is 5.91 Å². The van der Waals surface area contributed by atoms with Gasteiger partial charge in [0.1, 0.15) is 0 Å². The van der Waals surface area contributed by atoms with Gasteiger partial charge in [-0.25, -0.2) is 0 Å². The van der Waals surface area contributed by atoms with Gasteiger partial charge in [0.05, 0.1) is 12.5 Å². The van der Waals surface area contributed by atoms with Gasteiger partial charge < -0.3 is 10.6 Å². The van der Waals surface area contributed by atoms with Crippen LogP contribution in [0.2, 0.25) is 0 Å². The molecule has 1 aliphatic rings. The molecule has 15 heavy (non-hydrogen) atoms. The Bertz CT molecular complexity index is 324. The maximum Gasteiger partial charge on any atom is 0.225 e. The van der Waals surface area contributed by atoms with Crippen molar-refractivity contribution >= 4 is 5.91 Å². The van der Waals surface area contributed by atoms with Gasteiger partial charge in [-0.05, 0) is 12.5 Å². The van der Waals surface area contributed by atoms with Gasteiger partial charge in [-0.2, -0.15) is 5.21 Å². The van der Waals surface area contributed by atoms with E-state index in [-0.39, 0.29) is 11.8 Å². The van der Waals surface area contributed by atoms with E-state index >= 15 is 0 Å². The van der Waals surface area contributed by atoms with Gasteiger partial charge in [-0.1, -0.05) is 12.1 Å². The summed E-state index contributed by atoms with van der Waals surface area (Å²) in [5, 5.41) is 19.2. The molecule has 0 bridgehead atoms. The number of carbonyl (C=O) groups excluding carboxylic acids is 1. The summed E-state index contributed by atoms with van der Waals surface area (Å²) in [5.74, 6) is 0.992. The minimum absolute atomic E-state index is 0.0527. The Labute approximate surface area is 87.0 Å². The third-order valence-corrected chi connectivity index (χ3v) is 2.66. The number of H-pyrrole nitrogens is 1. The summed E-state index contributed by atoms with van der Waals surface area (Å²) in [6.45, 7) is 4.05. The first kappa shape index (κ1) is 10.0. The fraction of sp³-hybridized carbons (Fsp3) is 0.750. The summed E-state index contributed by atoms with van der Waals surface area (Å²) < 4.78 is 0. The third-order valence-electron chi connectivity index (χ3n) is 2.66. The molecule has 0 unspecified atom stereocenters. The molecular weight excluding hydrogens is 196 g/mol. The Kier molecular flexibility index (Phi) is 2.91. The highest BCUT2D eigenvalue weighted by atomic mass is 16.1. The number of hydrogen-bond acceptors (Lipinski definition) is 5. The summed E-state index contributed by atoms with van der Waals surface area (Å²) in [6, 6.07) is 0. The van der Waals surface area contributed by atoms with Crippen molar-refractivity contribution in [2.45, 2.75) is 13.5 Å². The highest BCUT2D eigenvalue weighted by molar-refractivity contribution is 5.79. The zero-order valence-corrected chi connectivity index (χ0v) is 8.53. The molecule has 2 heterocycles. The molecule has 1 amide bonds. The van der Waals surface area contributed by atoms with E-state index in [0.717, 1.165) is 13.1 Å². The second-order valence-corrected chi connectivity index (χ2v) is 3.79. The van der Waals surface area contributed by atoms with Crippen LogP contribution >= 0.6 is 0 Å². The average molecular weight is 210 g/mol. The Balaban J connectivity index is 1.82. The van der Waals surface area contributed by atoms with Crippen molar-refractivity contribution < 1.29 is 4.79 Å². The Hall–Kier alpha value is -1.50. The maximum absolute atomic E-state index is 11.7. The molecule has 2 rings (SSSR count). The van der Waals surface area contributed by atoms with Crippen molar-refractivity contribution in [2.75, 3.05) is 13.1 Å². The van der Waals surface area contributed by atoms with Crippen molar-refractivity contribution in [1.82, 2.24) is 31.3 Å². The van der Waals surface area contributed by atoms with E-state index in [4.69, 9.17) is 0 Å². The lowest BCUT2D eigenvalue weighted by Crippen LogP contribution is -2.34. The van der Waals surface area contributed by atoms with Gasteiger partial charge in [-0.15, -0.1) is 10.2 Å². The van der Waals surface area contributed by atoms with Gasteiger partial charge >= 0.3 is 0 Å². The van der Waals surface area contributed by atoms with E-state index < -0.39 is 0 Å². The standard InChI is InChI=1S/C8H14N6O/c1-5-2-9-3-6(5)8(15)10-4-7-11-13-14-12-7/h5-6,9H,2-4H2,1H3,(H,10,15)(H,11,12,13,14)/t5-,6-/m1/s1. The van der Waals surface area contributed by atoms with E-state index in [2.05, 4.69) is 38.2 Å². The maximum atomic E-state index is 11.7. The first-order valence-corrected chi connectivity index (χ1v) is 4.98. The fourth-order valence-electron chi connectivity index (χ4n) is 1.72. The van der Waals surface area contributed by atoms with Crippen LogP contribution in [-0.2, 0) is 11.3 Å². The van der Waals surface area contributed by atoms with Crippen molar-refractivity contribution in [3.8, 4) is 0 Å². The van der Waals surface area contributed by atoms with Crippen LogP contribution in [0.1, 0.15) is 12.7 Å². The topological polar surface area (TPSA) is 95.6 Å². The number of rotatable bonds is 3. The first-order chi connectivity index (χ1) is 7.27. The van der Waals surface area contributed by atoms with E-state index in [0.29, 0.717) is 18.3 Å². The van der Waals surface area contributed by atoms with Crippen molar-refractivity contribution in [3.05, 3.63) is 5.82 Å². The molecule has 0 spiro atoms. The largest absolute Gasteiger partial charge is 0.348 e. The number of amides is 1. The number of carbonyl (C=O) groups is 1. The molecule has 0 aromatic carbocycles. The molecule has 7 nitrogen and oxygen atoms in total. The Morgan fingerprint density at radius 3 is 3.07 bits per heavy atom. The number of hydrogen-bond donors (Lipinski definition) is 3. The van der Waals surface area contributed by atoms with Crippen LogP contribution in [0.25, 0.3) is 0 Å². The third kappa shape index (κ3) is 2.30. The van der Waals surface area contributed by atoms with Crippen LogP contribution in [0.3, 0.4) is 0 Å². The summed E-state index contributed by atoms with van der Waals surface area (Å²) >= 11 is 0. The molecule has 1 aromatic rings. The quantitative estimate of drug-likeness (QED) is 0.574. The number of tetrazole rings is 1. The molecule has 82 valence electrons. The van der Waals surface area contributed by atoms with E-state index in [1.807, 2.05) is 0 Å². The summed E-state index contributed by atoms with van der Waals surface area (Å²) in [5.41, 5.74) is 0. The smallest absolute Gasteiger partial charge is 0.225 e. The number of aromatic amines is 1. The molecule has 2 atom stereocenters. The summed E-state index contributed by atoms with van der Waals surface area (Å²) in [6.07, 6.45) is 0. The van der Waals surface area contributed by atoms with E-state index in [1.54, 1.807) is 0 Å². The lowest BCUT2D eigenvalue weighted by Gasteiger charge is -2.12.